The summed E-state index contributed by atoms with van der Waals surface area (Å²) in [5, 5.41) is 6.07. The molecule has 0 aliphatic heterocycles. The minimum atomic E-state index is -0.281. The van der Waals surface area contributed by atoms with Crippen molar-refractivity contribution in [1.82, 2.24) is 9.97 Å². The van der Waals surface area contributed by atoms with Crippen LogP contribution in [0.15, 0.2) is 54.6 Å². The molecule has 1 heterocycles. The number of carbonyl (C=O) groups excluding carboxylic acids is 1. The summed E-state index contributed by atoms with van der Waals surface area (Å²) in [6.45, 7) is 4.29. The van der Waals surface area contributed by atoms with Crippen LogP contribution in [0.2, 0.25) is 0 Å². The van der Waals surface area contributed by atoms with E-state index in [0.717, 1.165) is 16.8 Å². The summed E-state index contributed by atoms with van der Waals surface area (Å²) in [7, 11) is 0. The highest BCUT2D eigenvalue weighted by molar-refractivity contribution is 6.03. The number of para-hydroxylation sites is 1. The van der Waals surface area contributed by atoms with Crippen LogP contribution >= 0.6 is 0 Å². The van der Waals surface area contributed by atoms with E-state index in [1.807, 2.05) is 31.2 Å². The minimum absolute atomic E-state index is 0.248. The molecule has 0 radical (unpaired) electrons. The number of hydrogen-bond donors (Lipinski definition) is 2. The zero-order valence-corrected chi connectivity index (χ0v) is 15.3. The number of halogens is 1. The van der Waals surface area contributed by atoms with E-state index < -0.39 is 0 Å². The molecule has 5 nitrogen and oxygen atoms in total. The molecule has 2 aromatic carbocycles. The fraction of sp³-hybridized carbons (Fsp3) is 0.190. The van der Waals surface area contributed by atoms with Gasteiger partial charge in [0.25, 0.3) is 5.91 Å². The maximum atomic E-state index is 12.9. The van der Waals surface area contributed by atoms with E-state index in [-0.39, 0.29) is 11.7 Å². The molecule has 2 N–H and O–H groups in total. The molecule has 0 saturated heterocycles. The van der Waals surface area contributed by atoms with Gasteiger partial charge in [-0.05, 0) is 49.6 Å². The molecule has 138 valence electrons. The third-order valence-electron chi connectivity index (χ3n) is 4.10. The van der Waals surface area contributed by atoms with Gasteiger partial charge < -0.3 is 10.6 Å². The maximum Gasteiger partial charge on any atom is 0.274 e. The third kappa shape index (κ3) is 5.10. The monoisotopic (exact) mass is 364 g/mol. The molecule has 0 fully saturated rings. The number of nitrogens with one attached hydrogen (secondary N) is 2. The lowest BCUT2D eigenvalue weighted by Crippen LogP contribution is -2.17. The molecular formula is C21H21FN4O. The van der Waals surface area contributed by atoms with Crippen LogP contribution < -0.4 is 10.6 Å². The lowest BCUT2D eigenvalue weighted by atomic mass is 10.1. The van der Waals surface area contributed by atoms with Crippen LogP contribution in [-0.2, 0) is 6.42 Å². The number of aromatic nitrogens is 2. The van der Waals surface area contributed by atoms with Crippen molar-refractivity contribution in [3.63, 3.8) is 0 Å². The molecule has 0 bridgehead atoms. The van der Waals surface area contributed by atoms with Crippen molar-refractivity contribution in [1.29, 1.82) is 0 Å². The second-order valence-electron chi connectivity index (χ2n) is 6.26. The second-order valence-corrected chi connectivity index (χ2v) is 6.26. The van der Waals surface area contributed by atoms with Gasteiger partial charge in [0.15, 0.2) is 0 Å². The van der Waals surface area contributed by atoms with Crippen LogP contribution in [0.1, 0.15) is 27.4 Å². The molecule has 0 aliphatic rings. The van der Waals surface area contributed by atoms with Gasteiger partial charge in [0.2, 0.25) is 0 Å². The third-order valence-corrected chi connectivity index (χ3v) is 4.10. The van der Waals surface area contributed by atoms with E-state index in [1.165, 1.54) is 12.1 Å². The highest BCUT2D eigenvalue weighted by Crippen LogP contribution is 2.15. The van der Waals surface area contributed by atoms with Crippen molar-refractivity contribution in [2.24, 2.45) is 0 Å². The molecule has 1 aromatic heterocycles. The number of hydrogen-bond acceptors (Lipinski definition) is 4. The molecule has 3 rings (SSSR count). The summed E-state index contributed by atoms with van der Waals surface area (Å²) in [4.78, 5) is 21.1. The van der Waals surface area contributed by atoms with E-state index in [0.29, 0.717) is 30.3 Å². The van der Waals surface area contributed by atoms with Crippen molar-refractivity contribution in [2.45, 2.75) is 20.3 Å². The van der Waals surface area contributed by atoms with E-state index in [9.17, 15) is 9.18 Å². The maximum absolute atomic E-state index is 12.9. The van der Waals surface area contributed by atoms with Crippen molar-refractivity contribution >= 4 is 17.4 Å². The Morgan fingerprint density at radius 3 is 2.52 bits per heavy atom. The first-order valence-electron chi connectivity index (χ1n) is 8.72. The normalized spacial score (nSPS) is 10.5. The van der Waals surface area contributed by atoms with Crippen LogP contribution in [0.4, 0.5) is 15.9 Å². The van der Waals surface area contributed by atoms with Gasteiger partial charge in [-0.1, -0.05) is 30.3 Å². The number of aryl methyl sites for hydroxylation is 2. The highest BCUT2D eigenvalue weighted by atomic mass is 19.1. The van der Waals surface area contributed by atoms with E-state index in [2.05, 4.69) is 20.6 Å². The Kier molecular flexibility index (Phi) is 5.76. The molecule has 0 spiro atoms. The van der Waals surface area contributed by atoms with Crippen molar-refractivity contribution < 1.29 is 9.18 Å². The van der Waals surface area contributed by atoms with Gasteiger partial charge in [-0.15, -0.1) is 0 Å². The van der Waals surface area contributed by atoms with Crippen LogP contribution in [-0.4, -0.2) is 22.4 Å². The van der Waals surface area contributed by atoms with Crippen molar-refractivity contribution in [3.05, 3.63) is 83.1 Å². The van der Waals surface area contributed by atoms with Gasteiger partial charge >= 0.3 is 0 Å². The number of rotatable bonds is 6. The van der Waals surface area contributed by atoms with E-state index >= 15 is 0 Å². The van der Waals surface area contributed by atoms with Crippen LogP contribution in [0.3, 0.4) is 0 Å². The zero-order chi connectivity index (χ0) is 19.2. The molecule has 1 amide bonds. The molecule has 27 heavy (non-hydrogen) atoms. The van der Waals surface area contributed by atoms with Gasteiger partial charge in [-0.2, -0.15) is 0 Å². The Morgan fingerprint density at radius 1 is 1.04 bits per heavy atom. The topological polar surface area (TPSA) is 66.9 Å². The van der Waals surface area contributed by atoms with E-state index in [4.69, 9.17) is 0 Å². The summed E-state index contributed by atoms with van der Waals surface area (Å²) in [6.07, 6.45) is 0.716. The lowest BCUT2D eigenvalue weighted by molar-refractivity contribution is 0.102. The lowest BCUT2D eigenvalue weighted by Gasteiger charge is -2.10. The van der Waals surface area contributed by atoms with Gasteiger partial charge in [0, 0.05) is 18.3 Å². The number of amides is 1. The molecular weight excluding hydrogens is 343 g/mol. The van der Waals surface area contributed by atoms with Gasteiger partial charge in [-0.3, -0.25) is 4.79 Å². The van der Waals surface area contributed by atoms with Crippen molar-refractivity contribution in [3.8, 4) is 0 Å². The van der Waals surface area contributed by atoms with Crippen LogP contribution in [0.5, 0.6) is 0 Å². The quantitative estimate of drug-likeness (QED) is 0.690. The predicted molar refractivity (Wildman–Crippen MR) is 104 cm³/mol. The molecule has 0 atom stereocenters. The summed E-state index contributed by atoms with van der Waals surface area (Å²) >= 11 is 0. The largest absolute Gasteiger partial charge is 0.370 e. The Morgan fingerprint density at radius 2 is 1.78 bits per heavy atom. The van der Waals surface area contributed by atoms with Crippen molar-refractivity contribution in [2.75, 3.05) is 17.2 Å². The molecule has 0 saturated carbocycles. The average molecular weight is 364 g/mol. The Bertz CT molecular complexity index is 941. The molecule has 3 aromatic rings. The Labute approximate surface area is 157 Å². The highest BCUT2D eigenvalue weighted by Gasteiger charge is 2.12. The Hall–Kier alpha value is -3.28. The summed E-state index contributed by atoms with van der Waals surface area (Å²) in [6, 6.07) is 15.6. The van der Waals surface area contributed by atoms with Crippen LogP contribution in [0, 0.1) is 19.7 Å². The second kappa shape index (κ2) is 8.40. The first-order chi connectivity index (χ1) is 13.0. The van der Waals surface area contributed by atoms with Crippen LogP contribution in [0.25, 0.3) is 0 Å². The number of nitrogens with zero attached hydrogens (tertiary/aromatic N) is 2. The smallest absolute Gasteiger partial charge is 0.274 e. The number of carbonyl (C=O) groups is 1. The van der Waals surface area contributed by atoms with Gasteiger partial charge in [0.05, 0.1) is 0 Å². The fourth-order valence-corrected chi connectivity index (χ4v) is 2.66. The molecule has 0 unspecified atom stereocenters. The average Bonchev–Trinajstić information content (AvgIpc) is 2.65. The van der Waals surface area contributed by atoms with Gasteiger partial charge in [0.1, 0.15) is 23.2 Å². The number of anilines is 2. The minimum Gasteiger partial charge on any atom is -0.370 e. The van der Waals surface area contributed by atoms with Gasteiger partial charge in [-0.25, -0.2) is 14.4 Å². The van der Waals surface area contributed by atoms with E-state index in [1.54, 1.807) is 25.1 Å². The predicted octanol–water partition coefficient (Wildman–Crippen LogP) is 4.14. The first-order valence-corrected chi connectivity index (χ1v) is 8.72. The fourth-order valence-electron chi connectivity index (χ4n) is 2.66. The molecule has 0 aliphatic carbocycles. The number of benzene rings is 2. The summed E-state index contributed by atoms with van der Waals surface area (Å²) < 4.78 is 12.9. The Balaban J connectivity index is 1.65. The summed E-state index contributed by atoms with van der Waals surface area (Å²) in [5.74, 6) is 0.565. The standard InChI is InChI=1S/C21H21FN4O/c1-14-5-3-4-6-18(14)26-21(27)19-13-20(25-15(2)24-19)23-12-11-16-7-9-17(22)10-8-16/h3-10,13H,11-12H2,1-2H3,(H,26,27)(H,23,24,25). The molecule has 6 heteroatoms. The first kappa shape index (κ1) is 18.5. The summed E-state index contributed by atoms with van der Waals surface area (Å²) in [5.41, 5.74) is 3.06. The zero-order valence-electron chi connectivity index (χ0n) is 15.3. The SMILES string of the molecule is Cc1nc(NCCc2ccc(F)cc2)cc(C(=O)Nc2ccccc2C)n1.